The Bertz CT molecular complexity index is 490. The van der Waals surface area contributed by atoms with Crippen molar-refractivity contribution in [1.29, 1.82) is 0 Å². The van der Waals surface area contributed by atoms with E-state index in [9.17, 15) is 19.5 Å². The van der Waals surface area contributed by atoms with Gasteiger partial charge in [0.25, 0.3) is 5.91 Å². The lowest BCUT2D eigenvalue weighted by Crippen LogP contribution is -2.49. The lowest BCUT2D eigenvalue weighted by Gasteiger charge is -2.18. The van der Waals surface area contributed by atoms with Crippen molar-refractivity contribution in [2.45, 2.75) is 12.5 Å². The Morgan fingerprint density at radius 3 is 2.44 bits per heavy atom. The number of benzene rings is 1. The maximum Gasteiger partial charge on any atom is 0.253 e. The molecule has 18 heavy (non-hydrogen) atoms. The average molecular weight is 270 g/mol. The molecule has 96 valence electrons. The molecule has 1 aromatic rings. The van der Waals surface area contributed by atoms with Crippen LogP contribution < -0.4 is 16.2 Å². The Morgan fingerprint density at radius 2 is 1.94 bits per heavy atom. The molecule has 6 nitrogen and oxygen atoms in total. The van der Waals surface area contributed by atoms with Gasteiger partial charge in [-0.05, 0) is 12.1 Å². The van der Waals surface area contributed by atoms with Gasteiger partial charge in [0.15, 0.2) is 0 Å². The number of nitrogens with two attached hydrogens (primary N) is 1. The number of carboxylic acids is 1. The van der Waals surface area contributed by atoms with Crippen LogP contribution in [0.15, 0.2) is 24.3 Å². The second-order valence-electron chi connectivity index (χ2n) is 3.50. The number of amides is 2. The molecule has 0 aromatic heterocycles. The molecule has 1 aromatic carbocycles. The van der Waals surface area contributed by atoms with Crippen molar-refractivity contribution >= 4 is 29.4 Å². The third-order valence-electron chi connectivity index (χ3n) is 2.11. The Balaban J connectivity index is 2.82. The zero-order valence-corrected chi connectivity index (χ0v) is 9.94. The van der Waals surface area contributed by atoms with Crippen molar-refractivity contribution in [2.75, 3.05) is 0 Å². The van der Waals surface area contributed by atoms with Gasteiger partial charge < -0.3 is 21.0 Å². The summed E-state index contributed by atoms with van der Waals surface area (Å²) in [5, 5.41) is 13.0. The van der Waals surface area contributed by atoms with Crippen LogP contribution in [0, 0.1) is 0 Å². The normalized spacial score (nSPS) is 11.6. The van der Waals surface area contributed by atoms with Gasteiger partial charge in [-0.2, -0.15) is 0 Å². The molecule has 0 saturated heterocycles. The molecule has 0 aliphatic carbocycles. The van der Waals surface area contributed by atoms with E-state index in [0.29, 0.717) is 0 Å². The molecule has 2 amide bonds. The van der Waals surface area contributed by atoms with Gasteiger partial charge in [-0.3, -0.25) is 9.59 Å². The smallest absolute Gasteiger partial charge is 0.253 e. The maximum absolute atomic E-state index is 11.7. The number of nitrogens with one attached hydrogen (secondary N) is 1. The first-order valence-electron chi connectivity index (χ1n) is 4.96. The molecule has 0 radical (unpaired) electrons. The first kappa shape index (κ1) is 14.0. The number of rotatable bonds is 5. The lowest BCUT2D eigenvalue weighted by atomic mass is 10.1. The minimum atomic E-state index is -1.59. The van der Waals surface area contributed by atoms with Gasteiger partial charge in [0.05, 0.1) is 29.0 Å². The van der Waals surface area contributed by atoms with Crippen LogP contribution in [0.25, 0.3) is 0 Å². The van der Waals surface area contributed by atoms with Crippen LogP contribution in [0.1, 0.15) is 16.8 Å². The summed E-state index contributed by atoms with van der Waals surface area (Å²) < 4.78 is 0. The number of carbonyl (C=O) groups excluding carboxylic acids is 3. The number of halogens is 1. The van der Waals surface area contributed by atoms with Gasteiger partial charge in [0.1, 0.15) is 0 Å². The summed E-state index contributed by atoms with van der Waals surface area (Å²) in [6.45, 7) is 0. The second-order valence-corrected chi connectivity index (χ2v) is 3.90. The number of carbonyl (C=O) groups is 3. The molecule has 0 aliphatic heterocycles. The molecule has 1 rings (SSSR count). The zero-order chi connectivity index (χ0) is 13.7. The fourth-order valence-electron chi connectivity index (χ4n) is 1.28. The van der Waals surface area contributed by atoms with Crippen LogP contribution in [0.5, 0.6) is 0 Å². The molecule has 0 fully saturated rings. The highest BCUT2D eigenvalue weighted by molar-refractivity contribution is 6.33. The summed E-state index contributed by atoms with van der Waals surface area (Å²) in [6.07, 6.45) is -0.543. The van der Waals surface area contributed by atoms with Gasteiger partial charge >= 0.3 is 0 Å². The van der Waals surface area contributed by atoms with E-state index >= 15 is 0 Å². The van der Waals surface area contributed by atoms with E-state index in [2.05, 4.69) is 5.32 Å². The highest BCUT2D eigenvalue weighted by Crippen LogP contribution is 2.14. The van der Waals surface area contributed by atoms with E-state index in [4.69, 9.17) is 17.3 Å². The third-order valence-corrected chi connectivity index (χ3v) is 2.44. The minimum Gasteiger partial charge on any atom is -0.548 e. The highest BCUT2D eigenvalue weighted by Gasteiger charge is 2.18. The van der Waals surface area contributed by atoms with Crippen molar-refractivity contribution in [3.8, 4) is 0 Å². The Hall–Kier alpha value is -2.08. The molecular formula is C11H10ClN2O4-. The monoisotopic (exact) mass is 269 g/mol. The molecule has 7 heteroatoms. The molecular weight excluding hydrogens is 260 g/mol. The predicted octanol–water partition coefficient (Wildman–Crippen LogP) is -0.936. The minimum absolute atomic E-state index is 0.106. The maximum atomic E-state index is 11.7. The average Bonchev–Trinajstić information content (AvgIpc) is 2.27. The van der Waals surface area contributed by atoms with Gasteiger partial charge in [-0.1, -0.05) is 23.7 Å². The van der Waals surface area contributed by atoms with E-state index in [1.807, 2.05) is 0 Å². The Labute approximate surface area is 108 Å². The summed E-state index contributed by atoms with van der Waals surface area (Å²) in [4.78, 5) is 33.1. The van der Waals surface area contributed by atoms with Crippen molar-refractivity contribution in [2.24, 2.45) is 5.73 Å². The van der Waals surface area contributed by atoms with E-state index in [1.54, 1.807) is 12.1 Å². The largest absolute Gasteiger partial charge is 0.548 e. The second kappa shape index (κ2) is 6.02. The standard InChI is InChI=1S/C11H11ClN2O4/c12-7-4-2-1-3-6(7)10(16)14-8(11(17)18)5-9(13)15/h1-4,8H,5H2,(H2,13,15)(H,14,16)(H,17,18)/p-1/t8-/m0/s1. The van der Waals surface area contributed by atoms with E-state index in [1.165, 1.54) is 12.1 Å². The Kier molecular flexibility index (Phi) is 4.67. The SMILES string of the molecule is NC(=O)C[C@H](NC(=O)c1ccccc1Cl)C(=O)[O-]. The van der Waals surface area contributed by atoms with Crippen molar-refractivity contribution in [1.82, 2.24) is 5.32 Å². The summed E-state index contributed by atoms with van der Waals surface area (Å²) in [5.74, 6) is -3.16. The molecule has 1 atom stereocenters. The van der Waals surface area contributed by atoms with E-state index < -0.39 is 30.2 Å². The molecule has 0 saturated carbocycles. The first-order chi connectivity index (χ1) is 8.41. The van der Waals surface area contributed by atoms with Crippen molar-refractivity contribution in [3.05, 3.63) is 34.9 Å². The Morgan fingerprint density at radius 1 is 1.33 bits per heavy atom. The summed E-state index contributed by atoms with van der Waals surface area (Å²) in [5.41, 5.74) is 4.97. The quantitative estimate of drug-likeness (QED) is 0.718. The van der Waals surface area contributed by atoms with E-state index in [-0.39, 0.29) is 10.6 Å². The fraction of sp³-hybridized carbons (Fsp3) is 0.182. The topological polar surface area (TPSA) is 112 Å². The lowest BCUT2D eigenvalue weighted by molar-refractivity contribution is -0.308. The van der Waals surface area contributed by atoms with E-state index in [0.717, 1.165) is 0 Å². The molecule has 0 bridgehead atoms. The van der Waals surface area contributed by atoms with Crippen molar-refractivity contribution in [3.63, 3.8) is 0 Å². The zero-order valence-electron chi connectivity index (χ0n) is 9.18. The van der Waals surface area contributed by atoms with Gasteiger partial charge in [0, 0.05) is 0 Å². The van der Waals surface area contributed by atoms with Gasteiger partial charge in [0.2, 0.25) is 5.91 Å². The number of carboxylic acid groups (broad SMARTS) is 1. The van der Waals surface area contributed by atoms with Crippen molar-refractivity contribution < 1.29 is 19.5 Å². The number of aliphatic carboxylic acids is 1. The van der Waals surface area contributed by atoms with Crippen LogP contribution in [0.3, 0.4) is 0 Å². The molecule has 0 unspecified atom stereocenters. The van der Waals surface area contributed by atoms with Crippen LogP contribution in [0.4, 0.5) is 0 Å². The van der Waals surface area contributed by atoms with Crippen LogP contribution in [-0.2, 0) is 9.59 Å². The predicted molar refractivity (Wildman–Crippen MR) is 61.5 cm³/mol. The summed E-state index contributed by atoms with van der Waals surface area (Å²) in [6, 6.07) is 4.63. The number of hydrogen-bond donors (Lipinski definition) is 2. The van der Waals surface area contributed by atoms with Crippen LogP contribution in [0.2, 0.25) is 5.02 Å². The van der Waals surface area contributed by atoms with Crippen LogP contribution in [-0.4, -0.2) is 23.8 Å². The summed E-state index contributed by atoms with van der Waals surface area (Å²) >= 11 is 5.77. The highest BCUT2D eigenvalue weighted by atomic mass is 35.5. The first-order valence-corrected chi connectivity index (χ1v) is 5.34. The number of primary amides is 1. The third kappa shape index (κ3) is 3.74. The van der Waals surface area contributed by atoms with Crippen LogP contribution >= 0.6 is 11.6 Å². The molecule has 0 spiro atoms. The molecule has 3 N–H and O–H groups in total. The number of hydrogen-bond acceptors (Lipinski definition) is 4. The molecule has 0 aliphatic rings. The fourth-order valence-corrected chi connectivity index (χ4v) is 1.50. The summed E-state index contributed by atoms with van der Waals surface area (Å²) in [7, 11) is 0. The molecule has 0 heterocycles. The van der Waals surface area contributed by atoms with Gasteiger partial charge in [-0.15, -0.1) is 0 Å². The van der Waals surface area contributed by atoms with Gasteiger partial charge in [-0.25, -0.2) is 0 Å².